The second-order valence-corrected chi connectivity index (χ2v) is 10.6. The van der Waals surface area contributed by atoms with Crippen LogP contribution in [0.15, 0.2) is 77.4 Å². The lowest BCUT2D eigenvalue weighted by atomic mass is 9.86. The molecule has 0 saturated carbocycles. The molecule has 0 unspecified atom stereocenters. The quantitative estimate of drug-likeness (QED) is 0.392. The van der Waals surface area contributed by atoms with Gasteiger partial charge in [0.05, 0.1) is 23.3 Å². The third-order valence-corrected chi connectivity index (χ3v) is 7.63. The zero-order valence-electron chi connectivity index (χ0n) is 19.2. The molecule has 0 aliphatic carbocycles. The van der Waals surface area contributed by atoms with Gasteiger partial charge in [-0.2, -0.15) is 0 Å². The van der Waals surface area contributed by atoms with Gasteiger partial charge in [0, 0.05) is 34.7 Å². The molecule has 6 heteroatoms. The van der Waals surface area contributed by atoms with Crippen LogP contribution < -0.4 is 15.1 Å². The smallest absolute Gasteiger partial charge is 0.174 e. The zero-order chi connectivity index (χ0) is 23.3. The Morgan fingerprint density at radius 3 is 2.52 bits per heavy atom. The Bertz CT molecular complexity index is 1240. The van der Waals surface area contributed by atoms with E-state index in [1.165, 1.54) is 22.4 Å². The van der Waals surface area contributed by atoms with Crippen LogP contribution in [0.3, 0.4) is 0 Å². The first-order chi connectivity index (χ1) is 15.8. The zero-order valence-corrected chi connectivity index (χ0v) is 21.6. The fourth-order valence-electron chi connectivity index (χ4n) is 4.93. The van der Waals surface area contributed by atoms with Crippen molar-refractivity contribution in [3.8, 4) is 0 Å². The molecule has 0 radical (unpaired) electrons. The number of thiocarbonyl (C=S) groups is 1. The molecular weight excluding hydrogens is 492 g/mol. The Kier molecular flexibility index (Phi) is 5.53. The van der Waals surface area contributed by atoms with Gasteiger partial charge in [0.1, 0.15) is 0 Å². The van der Waals surface area contributed by atoms with E-state index < -0.39 is 0 Å². The summed E-state index contributed by atoms with van der Waals surface area (Å²) >= 11 is 9.41. The van der Waals surface area contributed by atoms with Gasteiger partial charge >= 0.3 is 0 Å². The number of aromatic nitrogens is 1. The van der Waals surface area contributed by atoms with Gasteiger partial charge in [0.25, 0.3) is 0 Å². The summed E-state index contributed by atoms with van der Waals surface area (Å²) in [5.41, 5.74) is 7.04. The van der Waals surface area contributed by atoms with Gasteiger partial charge in [-0.05, 0) is 92.7 Å². The predicted octanol–water partition coefficient (Wildman–Crippen LogP) is 6.65. The summed E-state index contributed by atoms with van der Waals surface area (Å²) in [5, 5.41) is 4.26. The summed E-state index contributed by atoms with van der Waals surface area (Å²) < 4.78 is 1.04. The van der Waals surface area contributed by atoms with Crippen molar-refractivity contribution in [3.63, 3.8) is 0 Å². The molecule has 1 N–H and O–H groups in total. The van der Waals surface area contributed by atoms with Crippen LogP contribution >= 0.6 is 28.1 Å². The van der Waals surface area contributed by atoms with Crippen molar-refractivity contribution in [2.45, 2.75) is 38.4 Å². The van der Waals surface area contributed by atoms with Gasteiger partial charge in [-0.15, -0.1) is 0 Å². The summed E-state index contributed by atoms with van der Waals surface area (Å²) in [5.74, 6) is 0. The highest BCUT2D eigenvalue weighted by Gasteiger charge is 2.41. The third kappa shape index (κ3) is 3.85. The van der Waals surface area contributed by atoms with Crippen LogP contribution in [-0.4, -0.2) is 22.7 Å². The largest absolute Gasteiger partial charge is 0.366 e. The maximum Gasteiger partial charge on any atom is 0.174 e. The number of pyridine rings is 1. The Morgan fingerprint density at radius 1 is 1.06 bits per heavy atom. The second kappa shape index (κ2) is 8.26. The Balaban J connectivity index is 1.65. The van der Waals surface area contributed by atoms with E-state index in [1.807, 2.05) is 18.3 Å². The number of fused-ring (bicyclic) bond motifs is 1. The number of likely N-dealkylation sites (N-methyl/N-ethyl adjacent to an activating group) is 1. The van der Waals surface area contributed by atoms with E-state index in [4.69, 9.17) is 12.2 Å². The lowest BCUT2D eigenvalue weighted by Gasteiger charge is -2.41. The summed E-state index contributed by atoms with van der Waals surface area (Å²) in [6, 6.07) is 21.1. The third-order valence-electron chi connectivity index (χ3n) is 6.79. The number of nitrogens with zero attached hydrogens (tertiary/aromatic N) is 3. The van der Waals surface area contributed by atoms with Gasteiger partial charge < -0.3 is 15.1 Å². The number of anilines is 2. The van der Waals surface area contributed by atoms with E-state index in [2.05, 4.69) is 118 Å². The molecule has 2 atom stereocenters. The van der Waals surface area contributed by atoms with Crippen LogP contribution in [0.25, 0.3) is 5.57 Å². The first kappa shape index (κ1) is 22.1. The van der Waals surface area contributed by atoms with Crippen molar-refractivity contribution in [2.24, 2.45) is 0 Å². The maximum atomic E-state index is 5.86. The first-order valence-electron chi connectivity index (χ1n) is 11.1. The molecule has 168 valence electrons. The van der Waals surface area contributed by atoms with Crippen LogP contribution in [0.2, 0.25) is 0 Å². The summed E-state index contributed by atoms with van der Waals surface area (Å²) in [6.07, 6.45) is 4.19. The molecule has 0 bridgehead atoms. The molecule has 1 saturated heterocycles. The maximum absolute atomic E-state index is 5.86. The van der Waals surface area contributed by atoms with Crippen molar-refractivity contribution in [1.82, 2.24) is 10.3 Å². The summed E-state index contributed by atoms with van der Waals surface area (Å²) in [6.45, 7) is 6.70. The van der Waals surface area contributed by atoms with E-state index >= 15 is 0 Å². The molecule has 2 aliphatic heterocycles. The van der Waals surface area contributed by atoms with Crippen LogP contribution in [0.5, 0.6) is 0 Å². The monoisotopic (exact) mass is 518 g/mol. The number of hydrogen-bond donors (Lipinski definition) is 1. The lowest BCUT2D eigenvalue weighted by Crippen LogP contribution is -2.42. The van der Waals surface area contributed by atoms with E-state index in [1.54, 1.807) is 0 Å². The van der Waals surface area contributed by atoms with Gasteiger partial charge in [-0.25, -0.2) is 0 Å². The molecule has 1 aromatic heterocycles. The Morgan fingerprint density at radius 2 is 1.82 bits per heavy atom. The average molecular weight is 520 g/mol. The lowest BCUT2D eigenvalue weighted by molar-refractivity contribution is 0.566. The van der Waals surface area contributed by atoms with Crippen molar-refractivity contribution in [2.75, 3.05) is 16.8 Å². The number of nitrogens with one attached hydrogen (secondary N) is 1. The summed E-state index contributed by atoms with van der Waals surface area (Å²) in [4.78, 5) is 9.24. The highest BCUT2D eigenvalue weighted by atomic mass is 79.9. The van der Waals surface area contributed by atoms with Crippen LogP contribution in [0.1, 0.15) is 49.7 Å². The number of benzene rings is 2. The van der Waals surface area contributed by atoms with E-state index in [0.29, 0.717) is 5.11 Å². The topological polar surface area (TPSA) is 31.4 Å². The van der Waals surface area contributed by atoms with Crippen molar-refractivity contribution >= 4 is 50.2 Å². The van der Waals surface area contributed by atoms with Crippen LogP contribution in [0, 0.1) is 0 Å². The van der Waals surface area contributed by atoms with Crippen molar-refractivity contribution < 1.29 is 0 Å². The minimum Gasteiger partial charge on any atom is -0.366 e. The molecule has 5 rings (SSSR count). The van der Waals surface area contributed by atoms with Gasteiger partial charge in [0.15, 0.2) is 5.11 Å². The molecule has 4 nitrogen and oxygen atoms in total. The molecule has 0 spiro atoms. The Labute approximate surface area is 209 Å². The van der Waals surface area contributed by atoms with Gasteiger partial charge in [-0.1, -0.05) is 34.1 Å². The standard InChI is InChI=1S/C27H27BrN4S/c1-17-16-27(2,3)31(4)23-13-8-18(15-21(17)23)25-24(22-7-5-6-14-29-22)30-26(33)32(25)20-11-9-19(28)10-12-20/h5-16,24-25H,1-4H3,(H,30,33)/t24-,25-/m1/s1. The fraction of sp³-hybridized carbons (Fsp3) is 0.259. The first-order valence-corrected chi connectivity index (χ1v) is 12.3. The molecule has 2 aliphatic rings. The minimum atomic E-state index is -0.0533. The van der Waals surface area contributed by atoms with Gasteiger partial charge in [-0.3, -0.25) is 4.98 Å². The molecular formula is C27H27BrN4S. The highest BCUT2D eigenvalue weighted by Crippen LogP contribution is 2.45. The normalized spacial score (nSPS) is 21.5. The van der Waals surface area contributed by atoms with E-state index in [0.717, 1.165) is 15.9 Å². The number of halogens is 1. The molecule has 3 heterocycles. The van der Waals surface area contributed by atoms with Crippen LogP contribution in [0.4, 0.5) is 11.4 Å². The highest BCUT2D eigenvalue weighted by molar-refractivity contribution is 9.10. The molecule has 2 aromatic carbocycles. The van der Waals surface area contributed by atoms with Crippen molar-refractivity contribution in [1.29, 1.82) is 0 Å². The molecule has 33 heavy (non-hydrogen) atoms. The second-order valence-electron chi connectivity index (χ2n) is 9.29. The predicted molar refractivity (Wildman–Crippen MR) is 145 cm³/mol. The SMILES string of the molecule is CC1=CC(C)(C)N(C)c2ccc([C@@H]3[C@@H](c4ccccn4)NC(=S)N3c3ccc(Br)cc3)cc21. The van der Waals surface area contributed by atoms with E-state index in [-0.39, 0.29) is 17.6 Å². The number of hydrogen-bond acceptors (Lipinski definition) is 3. The summed E-state index contributed by atoms with van der Waals surface area (Å²) in [7, 11) is 2.17. The minimum absolute atomic E-state index is 0.0188. The molecule has 3 aromatic rings. The van der Waals surface area contributed by atoms with Gasteiger partial charge in [0.2, 0.25) is 0 Å². The Hall–Kier alpha value is -2.70. The van der Waals surface area contributed by atoms with E-state index in [9.17, 15) is 0 Å². The van der Waals surface area contributed by atoms with Crippen molar-refractivity contribution in [3.05, 3.63) is 94.2 Å². The molecule has 1 fully saturated rings. The number of rotatable bonds is 3. The average Bonchev–Trinajstić information content (AvgIpc) is 3.15. The van der Waals surface area contributed by atoms with Crippen LogP contribution in [-0.2, 0) is 0 Å². The fourth-order valence-corrected chi connectivity index (χ4v) is 5.54. The number of allylic oxidation sites excluding steroid dienone is 1. The molecule has 0 amide bonds.